The van der Waals surface area contributed by atoms with Crippen molar-refractivity contribution >= 4 is 16.0 Å². The van der Waals surface area contributed by atoms with Crippen LogP contribution in [-0.4, -0.2) is 24.5 Å². The van der Waals surface area contributed by atoms with Gasteiger partial charge in [-0.15, -0.1) is 0 Å². The van der Waals surface area contributed by atoms with E-state index >= 15 is 0 Å². The molecule has 1 heterocycles. The molecule has 0 fully saturated rings. The lowest BCUT2D eigenvalue weighted by atomic mass is 10.2. The summed E-state index contributed by atoms with van der Waals surface area (Å²) >= 11 is 0. The molecule has 0 spiro atoms. The average molecular weight is 296 g/mol. The quantitative estimate of drug-likeness (QED) is 0.856. The number of nitrogens with zero attached hydrogens (tertiary/aromatic N) is 1. The molecule has 0 unspecified atom stereocenters. The Balaban J connectivity index is 2.17. The van der Waals surface area contributed by atoms with Gasteiger partial charge >= 0.3 is 5.97 Å². The second-order valence-electron chi connectivity index (χ2n) is 4.02. The number of hydrogen-bond acceptors (Lipinski definition) is 5. The summed E-state index contributed by atoms with van der Waals surface area (Å²) in [7, 11) is -3.82. The molecule has 0 saturated carbocycles. The molecule has 8 heteroatoms. The van der Waals surface area contributed by atoms with Crippen molar-refractivity contribution in [2.45, 2.75) is 18.4 Å². The summed E-state index contributed by atoms with van der Waals surface area (Å²) in [6.45, 7) is 1.59. The first-order valence-electron chi connectivity index (χ1n) is 5.63. The zero-order chi connectivity index (χ0) is 14.8. The molecule has 0 radical (unpaired) electrons. The number of aromatic carboxylic acids is 1. The van der Waals surface area contributed by atoms with Gasteiger partial charge in [0.1, 0.15) is 5.76 Å². The van der Waals surface area contributed by atoms with Crippen LogP contribution in [0.4, 0.5) is 0 Å². The molecule has 20 heavy (non-hydrogen) atoms. The maximum absolute atomic E-state index is 12.0. The van der Waals surface area contributed by atoms with Gasteiger partial charge in [-0.1, -0.05) is 6.07 Å². The normalized spacial score (nSPS) is 11.4. The summed E-state index contributed by atoms with van der Waals surface area (Å²) < 4.78 is 31.5. The van der Waals surface area contributed by atoms with Crippen LogP contribution in [0.25, 0.3) is 0 Å². The third kappa shape index (κ3) is 3.22. The predicted octanol–water partition coefficient (Wildman–Crippen LogP) is 1.16. The van der Waals surface area contributed by atoms with Crippen LogP contribution < -0.4 is 4.72 Å². The monoisotopic (exact) mass is 296 g/mol. The molecule has 2 rings (SSSR count). The summed E-state index contributed by atoms with van der Waals surface area (Å²) in [6, 6.07) is 5.09. The van der Waals surface area contributed by atoms with Gasteiger partial charge in [-0.25, -0.2) is 22.9 Å². The van der Waals surface area contributed by atoms with Gasteiger partial charge in [0.25, 0.3) is 0 Å². The van der Waals surface area contributed by atoms with Gasteiger partial charge in [0, 0.05) is 0 Å². The number of nitrogens with one attached hydrogen (secondary N) is 1. The fraction of sp³-hybridized carbons (Fsp3) is 0.167. The first-order chi connectivity index (χ1) is 9.38. The highest BCUT2D eigenvalue weighted by molar-refractivity contribution is 7.89. The van der Waals surface area contributed by atoms with Crippen molar-refractivity contribution in [3.8, 4) is 0 Å². The van der Waals surface area contributed by atoms with Crippen LogP contribution in [0.1, 0.15) is 22.0 Å². The Kier molecular flexibility index (Phi) is 3.86. The van der Waals surface area contributed by atoms with Crippen molar-refractivity contribution in [3.63, 3.8) is 0 Å². The molecule has 1 aromatic carbocycles. The van der Waals surface area contributed by atoms with Crippen LogP contribution in [-0.2, 0) is 16.6 Å². The van der Waals surface area contributed by atoms with Crippen LogP contribution in [0.5, 0.6) is 0 Å². The number of sulfonamides is 1. The average Bonchev–Trinajstić information content (AvgIpc) is 2.82. The van der Waals surface area contributed by atoms with Crippen molar-refractivity contribution in [1.82, 2.24) is 9.71 Å². The lowest BCUT2D eigenvalue weighted by molar-refractivity contribution is 0.0696. The Morgan fingerprint density at radius 2 is 2.20 bits per heavy atom. The number of benzene rings is 1. The molecule has 0 saturated heterocycles. The molecule has 7 nitrogen and oxygen atoms in total. The highest BCUT2D eigenvalue weighted by Crippen LogP contribution is 2.12. The van der Waals surface area contributed by atoms with E-state index < -0.39 is 16.0 Å². The molecule has 0 bridgehead atoms. The van der Waals surface area contributed by atoms with Crippen molar-refractivity contribution in [3.05, 3.63) is 47.7 Å². The second kappa shape index (κ2) is 5.43. The summed E-state index contributed by atoms with van der Waals surface area (Å²) in [4.78, 5) is 14.6. The summed E-state index contributed by atoms with van der Waals surface area (Å²) in [5, 5.41) is 8.85. The lowest BCUT2D eigenvalue weighted by Crippen LogP contribution is -2.23. The molecule has 1 aromatic heterocycles. The first-order valence-corrected chi connectivity index (χ1v) is 7.11. The molecule has 0 amide bonds. The molecule has 2 N–H and O–H groups in total. The van der Waals surface area contributed by atoms with E-state index in [1.807, 2.05) is 0 Å². The van der Waals surface area contributed by atoms with E-state index in [0.29, 0.717) is 5.76 Å². The number of carboxylic acid groups (broad SMARTS) is 1. The Hall–Kier alpha value is -2.19. The summed E-state index contributed by atoms with van der Waals surface area (Å²) in [6.07, 6.45) is 1.48. The minimum absolute atomic E-state index is 0.0974. The van der Waals surface area contributed by atoms with Crippen molar-refractivity contribution in [2.24, 2.45) is 0 Å². The van der Waals surface area contributed by atoms with Crippen molar-refractivity contribution in [2.75, 3.05) is 0 Å². The van der Waals surface area contributed by atoms with Gasteiger partial charge in [0.2, 0.25) is 15.9 Å². The number of oxazole rings is 1. The fourth-order valence-electron chi connectivity index (χ4n) is 1.52. The summed E-state index contributed by atoms with van der Waals surface area (Å²) in [5.74, 6) is -0.377. The highest BCUT2D eigenvalue weighted by Gasteiger charge is 2.16. The number of carbonyl (C=O) groups is 1. The van der Waals surface area contributed by atoms with Crippen molar-refractivity contribution < 1.29 is 22.7 Å². The van der Waals surface area contributed by atoms with Crippen molar-refractivity contribution in [1.29, 1.82) is 0 Å². The van der Waals surface area contributed by atoms with E-state index in [4.69, 9.17) is 9.52 Å². The minimum atomic E-state index is -3.82. The van der Waals surface area contributed by atoms with Crippen LogP contribution in [0.3, 0.4) is 0 Å². The third-order valence-corrected chi connectivity index (χ3v) is 3.87. The van der Waals surface area contributed by atoms with E-state index in [2.05, 4.69) is 9.71 Å². The zero-order valence-corrected chi connectivity index (χ0v) is 11.3. The number of aryl methyl sites for hydroxylation is 1. The van der Waals surface area contributed by atoms with Crippen LogP contribution in [0, 0.1) is 6.92 Å². The Bertz CT molecular complexity index is 736. The van der Waals surface area contributed by atoms with Gasteiger partial charge in [0.15, 0.2) is 0 Å². The molecule has 106 valence electrons. The van der Waals surface area contributed by atoms with Crippen LogP contribution >= 0.6 is 0 Å². The molecule has 2 aromatic rings. The minimum Gasteiger partial charge on any atom is -0.478 e. The maximum atomic E-state index is 12.0. The number of aromatic nitrogens is 1. The molecule has 0 atom stereocenters. The van der Waals surface area contributed by atoms with E-state index in [9.17, 15) is 13.2 Å². The largest absolute Gasteiger partial charge is 0.478 e. The van der Waals surface area contributed by atoms with E-state index in [1.165, 1.54) is 24.4 Å². The van der Waals surface area contributed by atoms with Gasteiger partial charge in [0.05, 0.1) is 23.2 Å². The van der Waals surface area contributed by atoms with Gasteiger partial charge in [-0.05, 0) is 25.1 Å². The topological polar surface area (TPSA) is 110 Å². The molecule has 0 aliphatic heterocycles. The molecular formula is C12H12N2O5S. The SMILES string of the molecule is Cc1cnc(CNS(=O)(=O)c2cccc(C(=O)O)c2)o1. The Labute approximate surface area is 115 Å². The van der Waals surface area contributed by atoms with Gasteiger partial charge in [-0.3, -0.25) is 0 Å². The van der Waals surface area contributed by atoms with E-state index in [-0.39, 0.29) is 22.9 Å². The standard InChI is InChI=1S/C12H12N2O5S/c1-8-6-13-11(19-8)7-14-20(17,18)10-4-2-3-9(5-10)12(15)16/h2-6,14H,7H2,1H3,(H,15,16). The van der Waals surface area contributed by atoms with Gasteiger partial charge < -0.3 is 9.52 Å². The first kappa shape index (κ1) is 14.2. The Morgan fingerprint density at radius 1 is 1.45 bits per heavy atom. The second-order valence-corrected chi connectivity index (χ2v) is 5.79. The molecular weight excluding hydrogens is 284 g/mol. The van der Waals surface area contributed by atoms with Crippen LogP contribution in [0.15, 0.2) is 39.8 Å². The predicted molar refractivity (Wildman–Crippen MR) is 68.7 cm³/mol. The highest BCUT2D eigenvalue weighted by atomic mass is 32.2. The smallest absolute Gasteiger partial charge is 0.335 e. The number of rotatable bonds is 5. The molecule has 0 aliphatic rings. The summed E-state index contributed by atoms with van der Waals surface area (Å²) in [5.41, 5.74) is -0.0974. The molecule has 0 aliphatic carbocycles. The number of carboxylic acids is 1. The lowest BCUT2D eigenvalue weighted by Gasteiger charge is -2.05. The maximum Gasteiger partial charge on any atom is 0.335 e. The van der Waals surface area contributed by atoms with Gasteiger partial charge in [-0.2, -0.15) is 0 Å². The van der Waals surface area contributed by atoms with Crippen LogP contribution in [0.2, 0.25) is 0 Å². The number of hydrogen-bond donors (Lipinski definition) is 2. The third-order valence-electron chi connectivity index (χ3n) is 2.47. The fourth-order valence-corrected chi connectivity index (χ4v) is 2.54. The van der Waals surface area contributed by atoms with E-state index in [1.54, 1.807) is 6.92 Å². The Morgan fingerprint density at radius 3 is 2.80 bits per heavy atom. The van der Waals surface area contributed by atoms with E-state index in [0.717, 1.165) is 6.07 Å². The zero-order valence-electron chi connectivity index (χ0n) is 10.5.